The smallest absolute Gasteiger partial charge is 0.463 e. The van der Waals surface area contributed by atoms with Crippen LogP contribution in [0.1, 0.15) is 316 Å². The summed E-state index contributed by atoms with van der Waals surface area (Å²) in [5, 5.41) is 20.6. The summed E-state index contributed by atoms with van der Waals surface area (Å²) in [5.74, 6) is -1.62. The molecule has 0 aromatic rings. The van der Waals surface area contributed by atoms with Gasteiger partial charge in [0.05, 0.1) is 26.4 Å². The van der Waals surface area contributed by atoms with Crippen molar-refractivity contribution in [2.24, 2.45) is 0 Å². The number of hydrogen-bond acceptors (Lipinski definition) is 14. The fraction of sp³-hybridized carbons (Fsp3) is 0.682. The van der Waals surface area contributed by atoms with Crippen molar-refractivity contribution < 1.29 is 75.8 Å². The zero-order chi connectivity index (χ0) is 75.2. The number of rotatable bonds is 75. The number of esters is 3. The van der Waals surface area contributed by atoms with Crippen LogP contribution in [0.25, 0.3) is 0 Å². The molecule has 16 nitrogen and oxygen atoms in total. The van der Waals surface area contributed by atoms with E-state index in [9.17, 15) is 43.5 Å². The fourth-order valence-corrected chi connectivity index (χ4v) is 12.1. The minimum absolute atomic E-state index is 0.0764. The molecule has 0 aliphatic carbocycles. The van der Waals surface area contributed by atoms with Gasteiger partial charge in [0.15, 0.2) is 6.10 Å². The van der Waals surface area contributed by atoms with Gasteiger partial charge in [0, 0.05) is 19.3 Å². The van der Waals surface area contributed by atoms with E-state index in [1.807, 2.05) is 0 Å². The summed E-state index contributed by atoms with van der Waals surface area (Å²) in [6, 6.07) is 0. The van der Waals surface area contributed by atoms with Crippen LogP contribution in [0.4, 0.5) is 0 Å². The van der Waals surface area contributed by atoms with Crippen molar-refractivity contribution in [1.29, 1.82) is 0 Å². The van der Waals surface area contributed by atoms with Gasteiger partial charge in [-0.05, 0) is 141 Å². The van der Waals surface area contributed by atoms with Crippen LogP contribution < -0.4 is 0 Å². The molecule has 0 amide bonds. The first kappa shape index (κ1) is 98.4. The van der Waals surface area contributed by atoms with E-state index in [-0.39, 0.29) is 19.3 Å². The molecule has 103 heavy (non-hydrogen) atoms. The molecule has 590 valence electrons. The van der Waals surface area contributed by atoms with E-state index in [2.05, 4.69) is 167 Å². The minimum atomic E-state index is -4.94. The Bertz CT molecular complexity index is 2450. The SMILES string of the molecule is CC/C=C\C/C=C\C/C=C\C/C=C\C/C=C\CCCCCCCC(=O)OCC(COP(=O)(O)OCC(O)COP(=O)(O)OCC(O)COC(=O)CCCCCCCCCCCCCCCCC/C=C\C/C=C\C/C=C\C/C=C\CCCCC)OC(=O)CCCCCCC/C=C\C/C=C\C/C=C\CC. The predicted octanol–water partition coefficient (Wildman–Crippen LogP) is 23.7. The molecule has 0 bridgehead atoms. The van der Waals surface area contributed by atoms with Crippen LogP contribution in [0.2, 0.25) is 0 Å². The number of carbonyl (C=O) groups is 3. The Morgan fingerprint density at radius 3 is 0.816 bits per heavy atom. The normalized spacial score (nSPS) is 14.7. The van der Waals surface area contributed by atoms with Crippen LogP contribution in [-0.4, -0.2) is 95.9 Å². The fourth-order valence-electron chi connectivity index (χ4n) is 10.5. The highest BCUT2D eigenvalue weighted by Gasteiger charge is 2.29. The van der Waals surface area contributed by atoms with Gasteiger partial charge in [0.1, 0.15) is 25.4 Å². The molecule has 0 aromatic heterocycles. The number of ether oxygens (including phenoxy) is 3. The molecular weight excluding hydrogens is 1340 g/mol. The second-order valence-corrected chi connectivity index (χ2v) is 29.4. The third-order valence-corrected chi connectivity index (χ3v) is 18.4. The van der Waals surface area contributed by atoms with E-state index in [1.165, 1.54) is 103 Å². The first-order valence-electron chi connectivity index (χ1n) is 40.1. The van der Waals surface area contributed by atoms with E-state index in [0.29, 0.717) is 19.3 Å². The number of phosphoric ester groups is 2. The highest BCUT2D eigenvalue weighted by atomic mass is 31.2. The molecule has 0 aliphatic rings. The van der Waals surface area contributed by atoms with Gasteiger partial charge in [-0.25, -0.2) is 9.13 Å². The highest BCUT2D eigenvalue weighted by molar-refractivity contribution is 7.47. The van der Waals surface area contributed by atoms with Gasteiger partial charge in [-0.15, -0.1) is 0 Å². The van der Waals surface area contributed by atoms with Crippen LogP contribution in [0.5, 0.6) is 0 Å². The van der Waals surface area contributed by atoms with Gasteiger partial charge in [-0.3, -0.25) is 32.5 Å². The van der Waals surface area contributed by atoms with E-state index >= 15 is 0 Å². The minimum Gasteiger partial charge on any atom is -0.463 e. The lowest BCUT2D eigenvalue weighted by Gasteiger charge is -2.21. The monoisotopic (exact) mass is 1480 g/mol. The number of carbonyl (C=O) groups excluding carboxylic acids is 3. The van der Waals surface area contributed by atoms with E-state index in [0.717, 1.165) is 154 Å². The van der Waals surface area contributed by atoms with Crippen molar-refractivity contribution in [2.75, 3.05) is 39.6 Å². The summed E-state index contributed by atoms with van der Waals surface area (Å²) >= 11 is 0. The Balaban J connectivity index is 4.51. The quantitative estimate of drug-likeness (QED) is 0.0146. The van der Waals surface area contributed by atoms with Crippen LogP contribution in [-0.2, 0) is 55.8 Å². The maximum absolute atomic E-state index is 13.0. The Hall–Kier alpha value is -4.57. The van der Waals surface area contributed by atoms with Crippen molar-refractivity contribution in [3.8, 4) is 0 Å². The van der Waals surface area contributed by atoms with E-state index in [1.54, 1.807) is 0 Å². The lowest BCUT2D eigenvalue weighted by atomic mass is 10.0. The summed E-state index contributed by atoms with van der Waals surface area (Å²) in [4.78, 5) is 58.6. The molecule has 0 heterocycles. The van der Waals surface area contributed by atoms with Gasteiger partial charge < -0.3 is 34.2 Å². The van der Waals surface area contributed by atoms with Crippen LogP contribution in [0.15, 0.2) is 146 Å². The molecule has 0 saturated heterocycles. The summed E-state index contributed by atoms with van der Waals surface area (Å²) in [6.07, 6.45) is 94.7. The van der Waals surface area contributed by atoms with Crippen LogP contribution in [0, 0.1) is 0 Å². The number of hydrogen-bond donors (Lipinski definition) is 4. The lowest BCUT2D eigenvalue weighted by molar-refractivity contribution is -0.161. The molecule has 0 fully saturated rings. The second kappa shape index (κ2) is 77.1. The summed E-state index contributed by atoms with van der Waals surface area (Å²) in [5.41, 5.74) is 0. The number of aliphatic hydroxyl groups excluding tert-OH is 2. The van der Waals surface area contributed by atoms with Crippen molar-refractivity contribution in [3.63, 3.8) is 0 Å². The first-order chi connectivity index (χ1) is 50.2. The zero-order valence-corrected chi connectivity index (χ0v) is 66.2. The lowest BCUT2D eigenvalue weighted by Crippen LogP contribution is -2.30. The molecule has 0 saturated carbocycles. The summed E-state index contributed by atoms with van der Waals surface area (Å²) in [7, 11) is -9.81. The van der Waals surface area contributed by atoms with Gasteiger partial charge in [-0.1, -0.05) is 301 Å². The standard InChI is InChI=1S/C85H144O16P2/c1-4-7-10-13-16-19-22-25-28-30-32-34-35-36-37-38-39-40-41-42-43-45-47-48-51-53-56-59-62-65-68-71-83(88)95-74-80(86)75-97-102(91,92)98-76-81(87)77-99-103(93,94)100-79-82(101-85(90)73-70-67-64-61-58-55-50-27-24-21-18-15-12-9-6-3)78-96-84(89)72-69-66-63-60-57-54-52-49-46-44-33-31-29-26-23-20-17-14-11-8-5-2/h8-9,11-12,16-21,25-29,32-34,36-37,44,49-50,52,80-82,86-87H,4-7,10,13-15,22-24,30-31,35,38-43,45-48,51,53-79H2,1-3H3,(H,91,92)(H,93,94)/b11-8-,12-9-,19-16-,20-17-,21-18-,28-25-,29-26-,34-32-,37-36-,44-33-,50-27-,52-49-. The second-order valence-electron chi connectivity index (χ2n) is 26.5. The number of unbranched alkanes of at least 4 members (excludes halogenated alkanes) is 28. The van der Waals surface area contributed by atoms with Crippen molar-refractivity contribution >= 4 is 33.6 Å². The molecule has 18 heteroatoms. The van der Waals surface area contributed by atoms with Gasteiger partial charge in [-0.2, -0.15) is 0 Å². The summed E-state index contributed by atoms with van der Waals surface area (Å²) in [6.45, 7) is 2.39. The zero-order valence-electron chi connectivity index (χ0n) is 64.4. The van der Waals surface area contributed by atoms with Gasteiger partial charge in [0.25, 0.3) is 0 Å². The van der Waals surface area contributed by atoms with Crippen LogP contribution >= 0.6 is 15.6 Å². The molecule has 0 spiro atoms. The molecule has 5 unspecified atom stereocenters. The Kier molecular flexibility index (Phi) is 73.6. The average molecular weight is 1480 g/mol. The number of aliphatic hydroxyl groups is 2. The maximum atomic E-state index is 13.0. The molecule has 0 rings (SSSR count). The molecule has 0 aliphatic heterocycles. The maximum Gasteiger partial charge on any atom is 0.472 e. The number of allylic oxidation sites excluding steroid dienone is 24. The third kappa shape index (κ3) is 78.3. The molecule has 5 atom stereocenters. The van der Waals surface area contributed by atoms with Crippen LogP contribution in [0.3, 0.4) is 0 Å². The predicted molar refractivity (Wildman–Crippen MR) is 426 cm³/mol. The Labute approximate surface area is 626 Å². The molecule has 4 N–H and O–H groups in total. The third-order valence-electron chi connectivity index (χ3n) is 16.5. The largest absolute Gasteiger partial charge is 0.472 e. The molecule has 0 aromatic carbocycles. The van der Waals surface area contributed by atoms with E-state index in [4.69, 9.17) is 32.3 Å². The Morgan fingerprint density at radius 2 is 0.515 bits per heavy atom. The van der Waals surface area contributed by atoms with Crippen molar-refractivity contribution in [2.45, 2.75) is 334 Å². The Morgan fingerprint density at radius 1 is 0.282 bits per heavy atom. The van der Waals surface area contributed by atoms with Crippen molar-refractivity contribution in [1.82, 2.24) is 0 Å². The first-order valence-corrected chi connectivity index (χ1v) is 43.1. The molecular formula is C85H144O16P2. The average Bonchev–Trinajstić information content (AvgIpc) is 0.924. The molecule has 0 radical (unpaired) electrons. The van der Waals surface area contributed by atoms with Gasteiger partial charge >= 0.3 is 33.6 Å². The van der Waals surface area contributed by atoms with Crippen molar-refractivity contribution in [3.05, 3.63) is 146 Å². The van der Waals surface area contributed by atoms with Gasteiger partial charge in [0.2, 0.25) is 0 Å². The number of phosphoric acid groups is 2. The highest BCUT2D eigenvalue weighted by Crippen LogP contribution is 2.45. The summed E-state index contributed by atoms with van der Waals surface area (Å²) < 4.78 is 61.1. The van der Waals surface area contributed by atoms with E-state index < -0.39 is 91.5 Å². The topological polar surface area (TPSA) is 231 Å².